The number of hydrogen-bond acceptors (Lipinski definition) is 5. The molecule has 1 unspecified atom stereocenters. The molecule has 5 nitrogen and oxygen atoms in total. The van der Waals surface area contributed by atoms with E-state index in [1.807, 2.05) is 0 Å². The zero-order chi connectivity index (χ0) is 16.8. The molecular formula is C16H20F2O5. The van der Waals surface area contributed by atoms with E-state index in [1.54, 1.807) is 0 Å². The summed E-state index contributed by atoms with van der Waals surface area (Å²) in [6.45, 7) is -0.327. The van der Waals surface area contributed by atoms with Crippen LogP contribution in [0.1, 0.15) is 37.4 Å². The van der Waals surface area contributed by atoms with Gasteiger partial charge in [0, 0.05) is 10.1 Å². The predicted octanol–water partition coefficient (Wildman–Crippen LogP) is 2.87. The van der Waals surface area contributed by atoms with Crippen molar-refractivity contribution in [1.82, 2.24) is 0 Å². The molecule has 128 valence electrons. The standard InChI is InChI=1S/C16H20F2O5/c1-21-14-7-4-11(17)8-13(14)15(9-19)22-12-5-2-10(3-6-12)16(20)23-18/h4,7-8,10,12,15,19H,2-3,5-6,9H2,1H3. The molecule has 2 rings (SSSR count). The number of benzene rings is 1. The van der Waals surface area contributed by atoms with Crippen molar-refractivity contribution in [1.29, 1.82) is 0 Å². The number of ether oxygens (including phenoxy) is 2. The Morgan fingerprint density at radius 2 is 2.04 bits per heavy atom. The first-order valence-corrected chi connectivity index (χ1v) is 7.51. The molecule has 7 heteroatoms. The summed E-state index contributed by atoms with van der Waals surface area (Å²) in [7, 11) is 1.46. The largest absolute Gasteiger partial charge is 0.496 e. The Balaban J connectivity index is 2.01. The topological polar surface area (TPSA) is 65.0 Å². The molecule has 1 aromatic carbocycles. The van der Waals surface area contributed by atoms with Crippen LogP contribution in [0.3, 0.4) is 0 Å². The van der Waals surface area contributed by atoms with Gasteiger partial charge in [-0.1, -0.05) is 0 Å². The quantitative estimate of drug-likeness (QED) is 0.869. The van der Waals surface area contributed by atoms with Crippen LogP contribution in [-0.4, -0.2) is 30.9 Å². The van der Waals surface area contributed by atoms with Crippen LogP contribution in [-0.2, 0) is 14.5 Å². The van der Waals surface area contributed by atoms with Gasteiger partial charge in [-0.2, -0.15) is 0 Å². The van der Waals surface area contributed by atoms with Gasteiger partial charge < -0.3 is 14.6 Å². The fourth-order valence-electron chi connectivity index (χ4n) is 2.90. The van der Waals surface area contributed by atoms with Gasteiger partial charge in [0.2, 0.25) is 0 Å². The van der Waals surface area contributed by atoms with Gasteiger partial charge in [-0.05, 0) is 43.9 Å². The molecule has 0 heterocycles. The van der Waals surface area contributed by atoms with Gasteiger partial charge in [0.15, 0.2) is 0 Å². The summed E-state index contributed by atoms with van der Waals surface area (Å²) in [5, 5.41) is 9.57. The fraction of sp³-hybridized carbons (Fsp3) is 0.562. The van der Waals surface area contributed by atoms with Crippen LogP contribution in [0, 0.1) is 11.7 Å². The summed E-state index contributed by atoms with van der Waals surface area (Å²) in [5.41, 5.74) is 0.431. The van der Waals surface area contributed by atoms with E-state index in [2.05, 4.69) is 4.94 Å². The molecule has 1 aliphatic carbocycles. The molecule has 1 atom stereocenters. The third-order valence-electron chi connectivity index (χ3n) is 4.14. The van der Waals surface area contributed by atoms with E-state index in [1.165, 1.54) is 25.3 Å². The van der Waals surface area contributed by atoms with Crippen molar-refractivity contribution in [2.24, 2.45) is 5.92 Å². The van der Waals surface area contributed by atoms with Crippen molar-refractivity contribution >= 4 is 5.97 Å². The van der Waals surface area contributed by atoms with E-state index in [0.717, 1.165) is 0 Å². The normalized spacial score (nSPS) is 22.4. The minimum absolute atomic E-state index is 0.205. The van der Waals surface area contributed by atoms with Crippen molar-refractivity contribution in [2.45, 2.75) is 37.9 Å². The third-order valence-corrected chi connectivity index (χ3v) is 4.14. The second kappa shape index (κ2) is 8.21. The Bertz CT molecular complexity index is 529. The van der Waals surface area contributed by atoms with E-state index in [-0.39, 0.29) is 12.7 Å². The van der Waals surface area contributed by atoms with Crippen molar-refractivity contribution in [3.63, 3.8) is 0 Å². The predicted molar refractivity (Wildman–Crippen MR) is 76.8 cm³/mol. The van der Waals surface area contributed by atoms with Gasteiger partial charge in [-0.3, -0.25) is 4.94 Å². The Morgan fingerprint density at radius 1 is 1.35 bits per heavy atom. The smallest absolute Gasteiger partial charge is 0.351 e. The first-order chi connectivity index (χ1) is 11.1. The number of methoxy groups -OCH3 is 1. The van der Waals surface area contributed by atoms with E-state index >= 15 is 0 Å². The van der Waals surface area contributed by atoms with E-state index in [0.29, 0.717) is 37.0 Å². The number of aliphatic hydroxyl groups excluding tert-OH is 1. The Morgan fingerprint density at radius 3 is 2.61 bits per heavy atom. The lowest BCUT2D eigenvalue weighted by Gasteiger charge is -2.30. The van der Waals surface area contributed by atoms with E-state index < -0.39 is 23.8 Å². The summed E-state index contributed by atoms with van der Waals surface area (Å²) in [6.07, 6.45) is 1.04. The molecule has 0 radical (unpaired) electrons. The first-order valence-electron chi connectivity index (χ1n) is 7.51. The van der Waals surface area contributed by atoms with Crippen LogP contribution in [0.4, 0.5) is 8.92 Å². The maximum absolute atomic E-state index is 13.5. The van der Waals surface area contributed by atoms with Gasteiger partial charge >= 0.3 is 5.97 Å². The minimum atomic E-state index is -0.853. The number of halogens is 2. The van der Waals surface area contributed by atoms with E-state index in [4.69, 9.17) is 9.47 Å². The molecule has 1 aliphatic rings. The van der Waals surface area contributed by atoms with Crippen molar-refractivity contribution in [2.75, 3.05) is 13.7 Å². The van der Waals surface area contributed by atoms with Crippen LogP contribution in [0.25, 0.3) is 0 Å². The molecule has 1 N–H and O–H groups in total. The van der Waals surface area contributed by atoms with Crippen molar-refractivity contribution < 1.29 is 33.2 Å². The second-order valence-corrected chi connectivity index (χ2v) is 5.56. The second-order valence-electron chi connectivity index (χ2n) is 5.56. The summed E-state index contributed by atoms with van der Waals surface area (Å²) >= 11 is 0. The van der Waals surface area contributed by atoms with Gasteiger partial charge in [0.05, 0.1) is 25.7 Å². The van der Waals surface area contributed by atoms with E-state index in [9.17, 15) is 18.8 Å². The molecule has 23 heavy (non-hydrogen) atoms. The number of carbonyl (C=O) groups excluding carboxylic acids is 1. The molecule has 1 fully saturated rings. The average molecular weight is 330 g/mol. The number of rotatable bonds is 6. The highest BCUT2D eigenvalue weighted by Crippen LogP contribution is 2.34. The molecule has 0 bridgehead atoms. The van der Waals surface area contributed by atoms with Gasteiger partial charge in [-0.25, -0.2) is 9.18 Å². The highest BCUT2D eigenvalue weighted by atomic mass is 19.3. The van der Waals surface area contributed by atoms with Crippen LogP contribution < -0.4 is 4.74 Å². The van der Waals surface area contributed by atoms with Crippen LogP contribution in [0.2, 0.25) is 0 Å². The summed E-state index contributed by atoms with van der Waals surface area (Å²) in [5.74, 6) is -1.33. The lowest BCUT2D eigenvalue weighted by molar-refractivity contribution is -0.191. The molecule has 0 amide bonds. The maximum atomic E-state index is 13.5. The zero-order valence-corrected chi connectivity index (χ0v) is 12.8. The molecular weight excluding hydrogens is 310 g/mol. The van der Waals surface area contributed by atoms with Crippen LogP contribution in [0.15, 0.2) is 18.2 Å². The van der Waals surface area contributed by atoms with Gasteiger partial charge in [0.1, 0.15) is 17.7 Å². The molecule has 1 aromatic rings. The summed E-state index contributed by atoms with van der Waals surface area (Å²) in [6, 6.07) is 4.02. The van der Waals surface area contributed by atoms with Gasteiger partial charge in [0.25, 0.3) is 0 Å². The van der Waals surface area contributed by atoms with Crippen molar-refractivity contribution in [3.05, 3.63) is 29.6 Å². The van der Waals surface area contributed by atoms with Crippen LogP contribution >= 0.6 is 0 Å². The highest BCUT2D eigenvalue weighted by molar-refractivity contribution is 5.71. The van der Waals surface area contributed by atoms with Crippen LogP contribution in [0.5, 0.6) is 5.75 Å². The minimum Gasteiger partial charge on any atom is -0.496 e. The lowest BCUT2D eigenvalue weighted by atomic mass is 9.87. The summed E-state index contributed by atoms with van der Waals surface area (Å²) < 4.78 is 36.4. The molecule has 1 saturated carbocycles. The number of hydrogen-bond donors (Lipinski definition) is 1. The molecule has 0 spiro atoms. The SMILES string of the molecule is COc1ccc(F)cc1C(CO)OC1CCC(C(=O)OF)CC1. The zero-order valence-electron chi connectivity index (χ0n) is 12.8. The number of aliphatic hydroxyl groups is 1. The molecule has 0 aliphatic heterocycles. The van der Waals surface area contributed by atoms with Crippen molar-refractivity contribution in [3.8, 4) is 5.75 Å². The molecule has 0 saturated heterocycles. The Kier molecular flexibility index (Phi) is 6.29. The Hall–Kier alpha value is -1.73. The fourth-order valence-corrected chi connectivity index (χ4v) is 2.90. The third kappa shape index (κ3) is 4.39. The summed E-state index contributed by atoms with van der Waals surface area (Å²) in [4.78, 5) is 14.4. The average Bonchev–Trinajstić information content (AvgIpc) is 2.59. The number of carbonyl (C=O) groups is 1. The Labute approximate surface area is 133 Å². The maximum Gasteiger partial charge on any atom is 0.351 e. The van der Waals surface area contributed by atoms with Gasteiger partial charge in [-0.15, -0.1) is 0 Å². The molecule has 0 aromatic heterocycles. The monoisotopic (exact) mass is 330 g/mol. The highest BCUT2D eigenvalue weighted by Gasteiger charge is 2.30. The lowest BCUT2D eigenvalue weighted by Crippen LogP contribution is -2.28. The first kappa shape index (κ1) is 17.6.